The summed E-state index contributed by atoms with van der Waals surface area (Å²) in [5.41, 5.74) is -0.407. The van der Waals surface area contributed by atoms with Gasteiger partial charge in [-0.05, 0) is 31.8 Å². The molecule has 0 aromatic carbocycles. The van der Waals surface area contributed by atoms with Gasteiger partial charge in [0.25, 0.3) is 17.4 Å². The van der Waals surface area contributed by atoms with Crippen LogP contribution in [-0.2, 0) is 11.3 Å². The summed E-state index contributed by atoms with van der Waals surface area (Å²) in [7, 11) is 0. The van der Waals surface area contributed by atoms with Gasteiger partial charge in [0.05, 0.1) is 6.20 Å². The number of carbonyl (C=O) groups excluding carboxylic acids is 2. The number of aromatic nitrogens is 3. The van der Waals surface area contributed by atoms with Crippen LogP contribution in [0.25, 0.3) is 11.7 Å². The van der Waals surface area contributed by atoms with Crippen molar-refractivity contribution in [3.05, 3.63) is 33.8 Å². The first-order valence-corrected chi connectivity index (χ1v) is 11.5. The SMILES string of the molecule is CC(C)Cn1c(=O)c(C(=O)NC2CC2)c(O)n2ncc(/C=C/C(=O)N3CCC(F)(F)CC3C)c12. The van der Waals surface area contributed by atoms with E-state index in [0.29, 0.717) is 5.56 Å². The Labute approximate surface area is 195 Å². The Kier molecular flexibility index (Phi) is 6.22. The average Bonchev–Trinajstić information content (AvgIpc) is 3.44. The molecule has 3 heterocycles. The van der Waals surface area contributed by atoms with E-state index in [9.17, 15) is 28.3 Å². The van der Waals surface area contributed by atoms with Crippen molar-refractivity contribution in [1.29, 1.82) is 0 Å². The molecule has 1 aliphatic heterocycles. The molecule has 0 bridgehead atoms. The van der Waals surface area contributed by atoms with E-state index in [1.165, 1.54) is 27.8 Å². The van der Waals surface area contributed by atoms with Gasteiger partial charge in [0.2, 0.25) is 11.8 Å². The number of piperidine rings is 1. The number of hydrogen-bond acceptors (Lipinski definition) is 5. The van der Waals surface area contributed by atoms with E-state index >= 15 is 0 Å². The molecule has 34 heavy (non-hydrogen) atoms. The summed E-state index contributed by atoms with van der Waals surface area (Å²) in [4.78, 5) is 40.0. The van der Waals surface area contributed by atoms with Gasteiger partial charge >= 0.3 is 0 Å². The molecule has 184 valence electrons. The van der Waals surface area contributed by atoms with Gasteiger partial charge in [-0.25, -0.2) is 8.78 Å². The van der Waals surface area contributed by atoms with Gasteiger partial charge in [0.1, 0.15) is 5.65 Å². The topological polar surface area (TPSA) is 109 Å². The summed E-state index contributed by atoms with van der Waals surface area (Å²) in [5, 5.41) is 17.6. The van der Waals surface area contributed by atoms with Crippen molar-refractivity contribution in [2.45, 2.75) is 71.0 Å². The van der Waals surface area contributed by atoms with Crippen LogP contribution in [0.1, 0.15) is 62.4 Å². The Hall–Kier alpha value is -3.24. The molecular weight excluding hydrogens is 448 g/mol. The van der Waals surface area contributed by atoms with Crippen molar-refractivity contribution >= 4 is 23.5 Å². The van der Waals surface area contributed by atoms with Crippen molar-refractivity contribution in [2.75, 3.05) is 6.54 Å². The lowest BCUT2D eigenvalue weighted by Crippen LogP contribution is -2.47. The predicted octanol–water partition coefficient (Wildman–Crippen LogP) is 2.41. The molecule has 2 N–H and O–H groups in total. The molecule has 2 fully saturated rings. The van der Waals surface area contributed by atoms with Gasteiger partial charge in [0, 0.05) is 49.7 Å². The second-order valence-corrected chi connectivity index (χ2v) is 9.62. The van der Waals surface area contributed by atoms with Crippen LogP contribution in [0, 0.1) is 5.92 Å². The first-order valence-electron chi connectivity index (χ1n) is 11.5. The number of carbonyl (C=O) groups is 2. The quantitative estimate of drug-likeness (QED) is 0.621. The minimum atomic E-state index is -2.78. The molecule has 11 heteroatoms. The van der Waals surface area contributed by atoms with E-state index in [4.69, 9.17) is 0 Å². The van der Waals surface area contributed by atoms with Crippen LogP contribution in [0.3, 0.4) is 0 Å². The largest absolute Gasteiger partial charge is 0.492 e. The summed E-state index contributed by atoms with van der Waals surface area (Å²) in [6.45, 7) is 5.60. The molecule has 9 nitrogen and oxygen atoms in total. The zero-order valence-electron chi connectivity index (χ0n) is 19.4. The standard InChI is InChI=1S/C23H29F2N5O4/c1-13(2)12-29-20-15(4-7-17(31)28-9-8-23(24,25)10-14(28)3)11-26-30(20)22(34)18(21(29)33)19(32)27-16-5-6-16/h4,7,11,13-14,16,34H,5-6,8-10,12H2,1-3H3,(H,27,32)/b7-4+. The van der Waals surface area contributed by atoms with E-state index in [1.54, 1.807) is 6.92 Å². The monoisotopic (exact) mass is 477 g/mol. The Bertz CT molecular complexity index is 1210. The summed E-state index contributed by atoms with van der Waals surface area (Å²) in [5.74, 6) is -4.39. The number of nitrogens with one attached hydrogen (secondary N) is 1. The molecule has 2 aliphatic rings. The van der Waals surface area contributed by atoms with Crippen LogP contribution in [0.5, 0.6) is 5.88 Å². The second-order valence-electron chi connectivity index (χ2n) is 9.62. The maximum atomic E-state index is 13.6. The molecule has 1 aliphatic carbocycles. The fraction of sp³-hybridized carbons (Fsp3) is 0.565. The van der Waals surface area contributed by atoms with Gasteiger partial charge in [-0.15, -0.1) is 0 Å². The number of likely N-dealkylation sites (tertiary alicyclic amines) is 1. The van der Waals surface area contributed by atoms with Crippen LogP contribution >= 0.6 is 0 Å². The van der Waals surface area contributed by atoms with Gasteiger partial charge in [-0.1, -0.05) is 13.8 Å². The number of nitrogens with zero attached hydrogens (tertiary/aromatic N) is 4. The van der Waals surface area contributed by atoms with Crippen LogP contribution in [0.2, 0.25) is 0 Å². The zero-order chi connectivity index (χ0) is 24.8. The van der Waals surface area contributed by atoms with Crippen molar-refractivity contribution in [2.24, 2.45) is 5.92 Å². The van der Waals surface area contributed by atoms with Crippen molar-refractivity contribution in [3.63, 3.8) is 0 Å². The smallest absolute Gasteiger partial charge is 0.270 e. The number of aromatic hydroxyl groups is 1. The molecule has 2 aromatic rings. The highest BCUT2D eigenvalue weighted by Gasteiger charge is 2.39. The Morgan fingerprint density at radius 2 is 2.06 bits per heavy atom. The van der Waals surface area contributed by atoms with Crippen molar-refractivity contribution < 1.29 is 23.5 Å². The molecule has 2 amide bonds. The molecule has 2 aromatic heterocycles. The minimum Gasteiger partial charge on any atom is -0.492 e. The maximum Gasteiger partial charge on any atom is 0.270 e. The van der Waals surface area contributed by atoms with Gasteiger partial charge < -0.3 is 15.3 Å². The molecule has 1 saturated heterocycles. The lowest BCUT2D eigenvalue weighted by molar-refractivity contribution is -0.136. The normalized spacial score (nSPS) is 20.4. The van der Waals surface area contributed by atoms with Crippen LogP contribution < -0.4 is 10.9 Å². The third kappa shape index (κ3) is 4.69. The summed E-state index contributed by atoms with van der Waals surface area (Å²) >= 11 is 0. The van der Waals surface area contributed by atoms with Gasteiger partial charge in [-0.2, -0.15) is 9.61 Å². The summed E-state index contributed by atoms with van der Waals surface area (Å²) in [6.07, 6.45) is 4.96. The lowest BCUT2D eigenvalue weighted by atomic mass is 9.99. The highest BCUT2D eigenvalue weighted by atomic mass is 19.3. The molecule has 4 rings (SSSR count). The second kappa shape index (κ2) is 8.84. The first-order chi connectivity index (χ1) is 16.0. The number of alkyl halides is 2. The number of rotatable bonds is 6. The molecule has 0 spiro atoms. The molecular formula is C23H29F2N5O4. The van der Waals surface area contributed by atoms with E-state index in [1.807, 2.05) is 13.8 Å². The Morgan fingerprint density at radius 1 is 1.35 bits per heavy atom. The van der Waals surface area contributed by atoms with E-state index < -0.39 is 41.6 Å². The Morgan fingerprint density at radius 3 is 2.68 bits per heavy atom. The summed E-state index contributed by atoms with van der Waals surface area (Å²) in [6, 6.07) is -0.611. The van der Waals surface area contributed by atoms with E-state index in [-0.39, 0.29) is 42.7 Å². The fourth-order valence-electron chi connectivity index (χ4n) is 4.28. The molecule has 1 atom stereocenters. The first kappa shape index (κ1) is 23.9. The average molecular weight is 478 g/mol. The fourth-order valence-corrected chi connectivity index (χ4v) is 4.28. The maximum absolute atomic E-state index is 13.6. The number of fused-ring (bicyclic) bond motifs is 1. The zero-order valence-corrected chi connectivity index (χ0v) is 19.4. The van der Waals surface area contributed by atoms with Gasteiger partial charge in [0.15, 0.2) is 5.56 Å². The third-order valence-electron chi connectivity index (χ3n) is 6.13. The van der Waals surface area contributed by atoms with Crippen molar-refractivity contribution in [3.8, 4) is 5.88 Å². The number of hydrogen-bond donors (Lipinski definition) is 2. The predicted molar refractivity (Wildman–Crippen MR) is 121 cm³/mol. The molecule has 1 saturated carbocycles. The van der Waals surface area contributed by atoms with E-state index in [0.717, 1.165) is 17.4 Å². The minimum absolute atomic E-state index is 0.000183. The van der Waals surface area contributed by atoms with E-state index in [2.05, 4.69) is 10.4 Å². The highest BCUT2D eigenvalue weighted by Crippen LogP contribution is 2.32. The van der Waals surface area contributed by atoms with Crippen LogP contribution in [-0.4, -0.2) is 60.6 Å². The number of halogens is 2. The van der Waals surface area contributed by atoms with Gasteiger partial charge in [-0.3, -0.25) is 19.0 Å². The Balaban J connectivity index is 1.70. The molecule has 1 unspecified atom stereocenters. The van der Waals surface area contributed by atoms with Crippen molar-refractivity contribution in [1.82, 2.24) is 24.4 Å². The summed E-state index contributed by atoms with van der Waals surface area (Å²) < 4.78 is 29.7. The molecule has 0 radical (unpaired) electrons. The lowest BCUT2D eigenvalue weighted by Gasteiger charge is -2.36. The number of amides is 2. The highest BCUT2D eigenvalue weighted by molar-refractivity contribution is 5.97. The van der Waals surface area contributed by atoms with Crippen LogP contribution in [0.4, 0.5) is 8.78 Å². The third-order valence-corrected chi connectivity index (χ3v) is 6.13. The van der Waals surface area contributed by atoms with Crippen LogP contribution in [0.15, 0.2) is 17.1 Å².